The summed E-state index contributed by atoms with van der Waals surface area (Å²) in [5.41, 5.74) is 2.20. The largest absolute Gasteiger partial charge is 0.337 e. The van der Waals surface area contributed by atoms with Crippen LogP contribution < -0.4 is 5.32 Å². The van der Waals surface area contributed by atoms with Crippen molar-refractivity contribution >= 4 is 29.3 Å². The second-order valence-electron chi connectivity index (χ2n) is 7.25. The summed E-state index contributed by atoms with van der Waals surface area (Å²) >= 11 is 1.50. The lowest BCUT2D eigenvalue weighted by atomic mass is 9.96. The summed E-state index contributed by atoms with van der Waals surface area (Å²) in [6.07, 6.45) is 5.15. The highest BCUT2D eigenvalue weighted by Gasteiger charge is 2.31. The number of hydrogen-bond donors (Lipinski definition) is 1. The van der Waals surface area contributed by atoms with Gasteiger partial charge >= 0.3 is 0 Å². The number of nitrogens with zero attached hydrogens (tertiary/aromatic N) is 3. The van der Waals surface area contributed by atoms with Crippen molar-refractivity contribution in [3.05, 3.63) is 72.6 Å². The van der Waals surface area contributed by atoms with Gasteiger partial charge in [-0.25, -0.2) is 4.98 Å². The molecule has 0 spiro atoms. The van der Waals surface area contributed by atoms with Gasteiger partial charge in [-0.1, -0.05) is 48.2 Å². The predicted octanol–water partition coefficient (Wildman–Crippen LogP) is 4.09. The summed E-state index contributed by atoms with van der Waals surface area (Å²) in [5, 5.41) is 3.73. The molecule has 4 rings (SSSR count). The molecule has 2 aromatic carbocycles. The third kappa shape index (κ3) is 4.26. The number of anilines is 1. The molecule has 3 aromatic rings. The number of carbonyl (C=O) groups excluding carboxylic acids is 2. The van der Waals surface area contributed by atoms with Crippen molar-refractivity contribution in [2.75, 3.05) is 24.7 Å². The standard InChI is InChI=1S/C23H24N4O2S/c1-30-23-24-15-20(27(23)19-12-6-3-7-13-19)22(29)26-14-8-9-17(16-26)21(28)25-18-10-4-2-5-11-18/h2-7,10-13,15,17H,8-9,14,16H2,1H3,(H,25,28). The monoisotopic (exact) mass is 420 g/mol. The number of para-hydroxylation sites is 2. The minimum Gasteiger partial charge on any atom is -0.337 e. The number of carbonyl (C=O) groups is 2. The number of piperidine rings is 1. The van der Waals surface area contributed by atoms with Gasteiger partial charge in [-0.3, -0.25) is 14.2 Å². The van der Waals surface area contributed by atoms with Crippen molar-refractivity contribution in [1.29, 1.82) is 0 Å². The van der Waals surface area contributed by atoms with Crippen LogP contribution in [0.15, 0.2) is 72.0 Å². The Morgan fingerprint density at radius 1 is 1.07 bits per heavy atom. The Balaban J connectivity index is 1.53. The van der Waals surface area contributed by atoms with E-state index in [2.05, 4.69) is 10.3 Å². The molecule has 1 aromatic heterocycles. The highest BCUT2D eigenvalue weighted by molar-refractivity contribution is 7.98. The third-order valence-corrected chi connectivity index (χ3v) is 5.92. The summed E-state index contributed by atoms with van der Waals surface area (Å²) in [5.74, 6) is -0.361. The van der Waals surface area contributed by atoms with Crippen molar-refractivity contribution < 1.29 is 9.59 Å². The van der Waals surface area contributed by atoms with Crippen molar-refractivity contribution in [3.63, 3.8) is 0 Å². The van der Waals surface area contributed by atoms with E-state index >= 15 is 0 Å². The van der Waals surface area contributed by atoms with E-state index in [0.717, 1.165) is 29.4 Å². The van der Waals surface area contributed by atoms with Gasteiger partial charge in [0.15, 0.2) is 5.16 Å². The summed E-state index contributed by atoms with van der Waals surface area (Å²) in [6.45, 7) is 1.05. The van der Waals surface area contributed by atoms with Crippen LogP contribution in [0.1, 0.15) is 23.3 Å². The summed E-state index contributed by atoms with van der Waals surface area (Å²) < 4.78 is 1.89. The Hall–Kier alpha value is -3.06. The minimum absolute atomic E-state index is 0.0416. The Bertz CT molecular complexity index is 1020. The van der Waals surface area contributed by atoms with Crippen molar-refractivity contribution in [1.82, 2.24) is 14.5 Å². The Morgan fingerprint density at radius 2 is 1.77 bits per heavy atom. The lowest BCUT2D eigenvalue weighted by Crippen LogP contribution is -2.44. The van der Waals surface area contributed by atoms with Gasteiger partial charge in [0.2, 0.25) is 5.91 Å². The van der Waals surface area contributed by atoms with E-state index in [0.29, 0.717) is 18.8 Å². The Kier molecular flexibility index (Phi) is 6.18. The van der Waals surface area contributed by atoms with Crippen molar-refractivity contribution in [2.24, 2.45) is 5.92 Å². The van der Waals surface area contributed by atoms with Crippen LogP contribution in [-0.4, -0.2) is 45.6 Å². The number of aromatic nitrogens is 2. The number of hydrogen-bond acceptors (Lipinski definition) is 4. The molecule has 0 bridgehead atoms. The molecule has 6 nitrogen and oxygen atoms in total. The smallest absolute Gasteiger partial charge is 0.272 e. The molecule has 2 heterocycles. The topological polar surface area (TPSA) is 67.2 Å². The van der Waals surface area contributed by atoms with Crippen LogP contribution in [0.5, 0.6) is 0 Å². The van der Waals surface area contributed by atoms with E-state index < -0.39 is 0 Å². The zero-order valence-electron chi connectivity index (χ0n) is 16.8. The van der Waals surface area contributed by atoms with Gasteiger partial charge in [-0.2, -0.15) is 0 Å². The first-order valence-corrected chi connectivity index (χ1v) is 11.2. The normalized spacial score (nSPS) is 16.3. The maximum Gasteiger partial charge on any atom is 0.272 e. The molecule has 1 unspecified atom stereocenters. The molecule has 2 amide bonds. The number of imidazole rings is 1. The fourth-order valence-electron chi connectivity index (χ4n) is 3.76. The SMILES string of the molecule is CSc1ncc(C(=O)N2CCCC(C(=O)Nc3ccccc3)C2)n1-c1ccccc1. The Labute approximate surface area is 180 Å². The van der Waals surface area contributed by atoms with Crippen LogP contribution in [0.25, 0.3) is 5.69 Å². The summed E-state index contributed by atoms with van der Waals surface area (Å²) in [4.78, 5) is 32.3. The number of nitrogens with one attached hydrogen (secondary N) is 1. The van der Waals surface area contributed by atoms with Crippen molar-refractivity contribution in [3.8, 4) is 5.69 Å². The second-order valence-corrected chi connectivity index (χ2v) is 8.02. The van der Waals surface area contributed by atoms with E-state index in [1.165, 1.54) is 11.8 Å². The van der Waals surface area contributed by atoms with Gasteiger partial charge in [0, 0.05) is 24.5 Å². The van der Waals surface area contributed by atoms with Crippen LogP contribution >= 0.6 is 11.8 Å². The first kappa shape index (κ1) is 20.2. The highest BCUT2D eigenvalue weighted by Crippen LogP contribution is 2.25. The molecular weight excluding hydrogens is 396 g/mol. The molecule has 1 aliphatic heterocycles. The minimum atomic E-state index is -0.226. The van der Waals surface area contributed by atoms with Gasteiger partial charge in [0.25, 0.3) is 5.91 Å². The van der Waals surface area contributed by atoms with Gasteiger partial charge in [0.05, 0.1) is 12.1 Å². The highest BCUT2D eigenvalue weighted by atomic mass is 32.2. The third-order valence-electron chi connectivity index (χ3n) is 5.27. The quantitative estimate of drug-likeness (QED) is 0.632. The zero-order chi connectivity index (χ0) is 20.9. The van der Waals surface area contributed by atoms with Gasteiger partial charge in [0.1, 0.15) is 5.69 Å². The molecule has 154 valence electrons. The number of benzene rings is 2. The van der Waals surface area contributed by atoms with Gasteiger partial charge < -0.3 is 10.2 Å². The van der Waals surface area contributed by atoms with Crippen molar-refractivity contribution in [2.45, 2.75) is 18.0 Å². The molecule has 7 heteroatoms. The fraction of sp³-hybridized carbons (Fsp3) is 0.261. The van der Waals surface area contributed by atoms with Gasteiger partial charge in [-0.05, 0) is 43.4 Å². The molecule has 1 atom stereocenters. The van der Waals surface area contributed by atoms with E-state index in [-0.39, 0.29) is 17.7 Å². The number of likely N-dealkylation sites (tertiary alicyclic amines) is 1. The average molecular weight is 421 g/mol. The molecule has 30 heavy (non-hydrogen) atoms. The molecule has 0 radical (unpaired) electrons. The van der Waals surface area contributed by atoms with E-state index in [9.17, 15) is 9.59 Å². The fourth-order valence-corrected chi connectivity index (χ4v) is 4.30. The summed E-state index contributed by atoms with van der Waals surface area (Å²) in [7, 11) is 0. The lowest BCUT2D eigenvalue weighted by molar-refractivity contribution is -0.121. The van der Waals surface area contributed by atoms with Crippen LogP contribution in [-0.2, 0) is 4.79 Å². The predicted molar refractivity (Wildman–Crippen MR) is 119 cm³/mol. The maximum absolute atomic E-state index is 13.4. The molecule has 1 fully saturated rings. The number of thioether (sulfide) groups is 1. The number of rotatable bonds is 5. The van der Waals surface area contributed by atoms with E-state index in [4.69, 9.17) is 0 Å². The molecule has 1 saturated heterocycles. The van der Waals surface area contributed by atoms with Crippen LogP contribution in [0.2, 0.25) is 0 Å². The molecule has 1 aliphatic rings. The zero-order valence-corrected chi connectivity index (χ0v) is 17.6. The molecule has 0 aliphatic carbocycles. The Morgan fingerprint density at radius 3 is 2.47 bits per heavy atom. The van der Waals surface area contributed by atoms with Crippen LogP contribution in [0.3, 0.4) is 0 Å². The summed E-state index contributed by atoms with van der Waals surface area (Å²) in [6, 6.07) is 19.2. The second kappa shape index (κ2) is 9.17. The van der Waals surface area contributed by atoms with E-state index in [1.807, 2.05) is 71.5 Å². The van der Waals surface area contributed by atoms with Crippen LogP contribution in [0, 0.1) is 5.92 Å². The lowest BCUT2D eigenvalue weighted by Gasteiger charge is -2.32. The average Bonchev–Trinajstić information content (AvgIpc) is 3.24. The molecular formula is C23H24N4O2S. The van der Waals surface area contributed by atoms with Gasteiger partial charge in [-0.15, -0.1) is 0 Å². The van der Waals surface area contributed by atoms with Crippen LogP contribution in [0.4, 0.5) is 5.69 Å². The molecule has 1 N–H and O–H groups in total. The maximum atomic E-state index is 13.4. The number of amides is 2. The first-order valence-electron chi connectivity index (χ1n) is 9.99. The van der Waals surface area contributed by atoms with E-state index in [1.54, 1.807) is 11.1 Å². The first-order chi connectivity index (χ1) is 14.7. The molecule has 0 saturated carbocycles.